The largest absolute Gasteiger partial charge is 0.507 e. The number of pyridine rings is 1. The van der Waals surface area contributed by atoms with Crippen molar-refractivity contribution in [2.24, 2.45) is 5.10 Å². The third-order valence-corrected chi connectivity index (χ3v) is 20.9. The average Bonchev–Trinajstić information content (AvgIpc) is 0.803. The van der Waals surface area contributed by atoms with Gasteiger partial charge < -0.3 is 29.4 Å². The van der Waals surface area contributed by atoms with Crippen molar-refractivity contribution in [2.75, 3.05) is 31.1 Å². The van der Waals surface area contributed by atoms with Gasteiger partial charge in [0.15, 0.2) is 0 Å². The number of aromatic nitrogens is 3. The Morgan fingerprint density at radius 1 is 0.736 bits per heavy atom. The number of para-hydroxylation sites is 3. The van der Waals surface area contributed by atoms with Gasteiger partial charge in [-0.15, -0.1) is 0 Å². The maximum absolute atomic E-state index is 15.9. The highest BCUT2D eigenvalue weighted by molar-refractivity contribution is 7.89. The van der Waals surface area contributed by atoms with Crippen LogP contribution in [0.2, 0.25) is 5.02 Å². The van der Waals surface area contributed by atoms with Crippen molar-refractivity contribution in [1.82, 2.24) is 29.2 Å². The third-order valence-electron chi connectivity index (χ3n) is 18.7. The lowest BCUT2D eigenvalue weighted by Gasteiger charge is -2.35. The minimum Gasteiger partial charge on any atom is -0.507 e. The molecule has 1 fully saturated rings. The van der Waals surface area contributed by atoms with Crippen molar-refractivity contribution >= 4 is 73.3 Å². The lowest BCUT2D eigenvalue weighted by atomic mass is 9.79. The van der Waals surface area contributed by atoms with E-state index in [1.54, 1.807) is 66.9 Å². The van der Waals surface area contributed by atoms with Crippen LogP contribution in [0.15, 0.2) is 213 Å². The van der Waals surface area contributed by atoms with E-state index in [0.29, 0.717) is 32.7 Å². The van der Waals surface area contributed by atoms with Crippen molar-refractivity contribution in [2.45, 2.75) is 116 Å². The SMILES string of the molecule is Cc1c(C)c(F)c(S(=O)(=O)N(CC(=O)N(Cc2cc(C(C)(C)C)cc(C(C)(C)C)c2)c2ccc(C(=O)O)c(O)c2)Cc2ccc(Cl)cc2)c(C)c1F.O=C(N/N=C/c1coc2ccccc2c1=O)c1cccnc1.O=c1[nH]c2ccccc2n1C1CCN(CC(c2ccc(F)cc2)c2ccc(F)cc2)CC1. The van der Waals surface area contributed by atoms with Gasteiger partial charge in [-0.3, -0.25) is 23.9 Å². The van der Waals surface area contributed by atoms with Crippen LogP contribution in [0.1, 0.15) is 143 Å². The van der Waals surface area contributed by atoms with Crippen molar-refractivity contribution in [3.05, 3.63) is 304 Å². The number of hydrazone groups is 1. The number of nitrogens with one attached hydrogen (secondary N) is 2. The Morgan fingerprint density at radius 3 is 1.93 bits per heavy atom. The molecule has 12 rings (SSSR count). The number of aromatic hydroxyl groups is 1. The number of hydrogen-bond acceptors (Lipinski definition) is 12. The Kier molecular flexibility index (Phi) is 24.3. The zero-order chi connectivity index (χ0) is 76.5. The summed E-state index contributed by atoms with van der Waals surface area (Å²) in [7, 11) is -4.88. The smallest absolute Gasteiger partial charge is 0.339 e. The Balaban J connectivity index is 0.000000187. The monoisotopic (exact) mass is 1480 g/mol. The first-order chi connectivity index (χ1) is 50.3. The molecule has 3 aromatic heterocycles. The number of piperidine rings is 1. The summed E-state index contributed by atoms with van der Waals surface area (Å²) in [6.07, 6.45) is 7.31. The van der Waals surface area contributed by atoms with Crippen LogP contribution in [0.4, 0.5) is 23.2 Å². The number of aromatic carboxylic acids is 1. The number of rotatable bonds is 18. The Labute approximate surface area is 616 Å². The van der Waals surface area contributed by atoms with Gasteiger partial charge in [0.2, 0.25) is 21.4 Å². The van der Waals surface area contributed by atoms with Gasteiger partial charge in [-0.25, -0.2) is 41.0 Å². The molecular formula is C82H81ClF4N8O10S. The van der Waals surface area contributed by atoms with Crippen molar-refractivity contribution < 1.29 is 55.0 Å². The van der Waals surface area contributed by atoms with Crippen LogP contribution < -0.4 is 21.4 Å². The van der Waals surface area contributed by atoms with Crippen LogP contribution in [0.5, 0.6) is 5.75 Å². The molecule has 1 saturated heterocycles. The van der Waals surface area contributed by atoms with E-state index in [0.717, 1.165) is 82.2 Å². The molecule has 106 heavy (non-hydrogen) atoms. The summed E-state index contributed by atoms with van der Waals surface area (Å²) in [6.45, 7) is 17.3. The molecule has 4 N–H and O–H groups in total. The molecule has 8 aromatic carbocycles. The number of carbonyl (C=O) groups excluding carboxylic acids is 2. The number of aromatic amines is 1. The number of anilines is 1. The van der Waals surface area contributed by atoms with Gasteiger partial charge in [-0.2, -0.15) is 9.41 Å². The van der Waals surface area contributed by atoms with Crippen LogP contribution in [0, 0.1) is 44.0 Å². The van der Waals surface area contributed by atoms with E-state index in [9.17, 15) is 51.4 Å². The van der Waals surface area contributed by atoms with E-state index < -0.39 is 74.3 Å². The minimum atomic E-state index is -4.88. The molecule has 0 bridgehead atoms. The summed E-state index contributed by atoms with van der Waals surface area (Å²) in [5, 5.41) is 24.8. The Bertz CT molecular complexity index is 5200. The van der Waals surface area contributed by atoms with Gasteiger partial charge in [-0.05, 0) is 174 Å². The lowest BCUT2D eigenvalue weighted by molar-refractivity contribution is -0.119. The maximum atomic E-state index is 15.9. The van der Waals surface area contributed by atoms with Crippen LogP contribution >= 0.6 is 11.6 Å². The summed E-state index contributed by atoms with van der Waals surface area (Å²) in [4.78, 5) is 72.4. The van der Waals surface area contributed by atoms with Crippen molar-refractivity contribution in [3.63, 3.8) is 0 Å². The van der Waals surface area contributed by atoms with E-state index in [-0.39, 0.29) is 74.5 Å². The normalized spacial score (nSPS) is 13.0. The topological polar surface area (TPSA) is 241 Å². The fraction of sp³-hybridized carbons (Fsp3) is 0.256. The number of carboxylic acids is 1. The molecule has 11 aromatic rings. The van der Waals surface area contributed by atoms with E-state index in [1.165, 1.54) is 74.7 Å². The maximum Gasteiger partial charge on any atom is 0.339 e. The second-order valence-electron chi connectivity index (χ2n) is 28.1. The summed E-state index contributed by atoms with van der Waals surface area (Å²) < 4.78 is 95.0. The minimum absolute atomic E-state index is 0.0172. The molecule has 24 heteroatoms. The molecule has 2 amide bonds. The standard InChI is InChI=1S/C40H45ClF2N2O6S.C26H25F2N3O.C16H11N3O3/c1-23-24(2)36(43)37(25(3)35(23)42)52(50,51)44(20-26-10-12-30(41)13-11-26)22-34(47)45(31-14-15-32(38(48)49)33(46)19-31)21-27-16-28(39(4,5)6)18-29(17-27)40(7,8)9;27-20-9-5-18(6-10-20)23(19-7-11-21(28)12-8-19)17-30-15-13-22(14-16-30)31-25-4-2-1-3-24(25)29-26(31)32;20-15-12(10-22-14-6-2-1-5-13(14)15)9-18-19-16(21)11-4-3-7-17-8-11/h10-19,46H,20-22H2,1-9H3,(H,48,49);1-12,22-23H,13-17H2,(H,29,32);1-10H,(H,19,21)/b;;18-9+. The first-order valence-electron chi connectivity index (χ1n) is 34.1. The van der Waals surface area contributed by atoms with Crippen LogP contribution in [0.3, 0.4) is 0 Å². The van der Waals surface area contributed by atoms with Gasteiger partial charge in [0.25, 0.3) is 5.91 Å². The molecule has 1 aliphatic heterocycles. The van der Waals surface area contributed by atoms with E-state index in [1.807, 2.05) is 65.2 Å². The molecule has 0 aliphatic carbocycles. The molecule has 0 unspecified atom stereocenters. The second kappa shape index (κ2) is 33.1. The quantitative estimate of drug-likeness (QED) is 0.0356. The number of H-pyrrole nitrogens is 1. The number of fused-ring (bicyclic) bond motifs is 2. The van der Waals surface area contributed by atoms with Gasteiger partial charge in [0.05, 0.1) is 46.9 Å². The molecule has 4 heterocycles. The number of amides is 2. The first kappa shape index (κ1) is 77.8. The molecule has 0 spiro atoms. The number of halogens is 5. The number of likely N-dealkylation sites (tertiary alicyclic amines) is 1. The van der Waals surface area contributed by atoms with Crippen molar-refractivity contribution in [3.8, 4) is 5.75 Å². The van der Waals surface area contributed by atoms with E-state index in [4.69, 9.17) is 16.0 Å². The Morgan fingerprint density at radius 2 is 1.34 bits per heavy atom. The van der Waals surface area contributed by atoms with Crippen LogP contribution in [-0.4, -0.2) is 92.5 Å². The number of carboxylic acid groups (broad SMARTS) is 1. The highest BCUT2D eigenvalue weighted by atomic mass is 35.5. The van der Waals surface area contributed by atoms with Gasteiger partial charge in [0, 0.05) is 72.9 Å². The summed E-state index contributed by atoms with van der Waals surface area (Å²) in [5.41, 5.74) is 8.64. The fourth-order valence-electron chi connectivity index (χ4n) is 12.5. The van der Waals surface area contributed by atoms with Crippen LogP contribution in [-0.2, 0) is 38.7 Å². The number of benzene rings is 8. The molecule has 0 radical (unpaired) electrons. The number of imidazole rings is 1. The van der Waals surface area contributed by atoms with Gasteiger partial charge in [0.1, 0.15) is 51.3 Å². The molecule has 18 nitrogen and oxygen atoms in total. The second-order valence-corrected chi connectivity index (χ2v) is 30.4. The van der Waals surface area contributed by atoms with Crippen LogP contribution in [0.25, 0.3) is 22.0 Å². The first-order valence-corrected chi connectivity index (χ1v) is 36.0. The number of hydrogen-bond donors (Lipinski definition) is 4. The highest BCUT2D eigenvalue weighted by Gasteiger charge is 2.36. The number of phenols is 1. The van der Waals surface area contributed by atoms with E-state index >= 15 is 8.78 Å². The summed E-state index contributed by atoms with van der Waals surface area (Å²) >= 11 is 6.08. The predicted octanol–water partition coefficient (Wildman–Crippen LogP) is 16.0. The average molecular weight is 1480 g/mol. The number of nitrogens with zero attached hydrogens (tertiary/aromatic N) is 6. The molecule has 1 aliphatic rings. The fourth-order valence-corrected chi connectivity index (χ4v) is 14.4. The van der Waals surface area contributed by atoms with E-state index in [2.05, 4.69) is 73.0 Å². The van der Waals surface area contributed by atoms with Gasteiger partial charge >= 0.3 is 11.7 Å². The molecule has 0 atom stereocenters. The lowest BCUT2D eigenvalue weighted by Crippen LogP contribution is -2.43. The number of sulfonamides is 1. The van der Waals surface area contributed by atoms with Crippen molar-refractivity contribution in [1.29, 1.82) is 0 Å². The summed E-state index contributed by atoms with van der Waals surface area (Å²) in [6, 6.07) is 47.1. The highest BCUT2D eigenvalue weighted by Crippen LogP contribution is 2.36. The summed E-state index contributed by atoms with van der Waals surface area (Å²) in [5.74, 6) is -5.68. The molecular weight excluding hydrogens is 1400 g/mol. The predicted molar refractivity (Wildman–Crippen MR) is 403 cm³/mol. The molecule has 0 saturated carbocycles. The number of carbonyl (C=O) groups is 3. The Hall–Kier alpha value is -10.9. The third kappa shape index (κ3) is 18.4. The zero-order valence-electron chi connectivity index (χ0n) is 59.9. The molecule has 550 valence electrons. The van der Waals surface area contributed by atoms with Gasteiger partial charge in [-0.1, -0.05) is 132 Å². The zero-order valence-corrected chi connectivity index (χ0v) is 61.5.